The zero-order chi connectivity index (χ0) is 33.5. The maximum Gasteiger partial charge on any atom is 0.143 e. The molecule has 7 aromatic carbocycles. The Kier molecular flexibility index (Phi) is 6.50. The first-order chi connectivity index (χ1) is 25.2. The highest BCUT2D eigenvalue weighted by Gasteiger charge is 2.15. The molecule has 0 saturated carbocycles. The first-order valence-electron chi connectivity index (χ1n) is 17.0. The molecule has 0 radical (unpaired) electrons. The van der Waals surface area contributed by atoms with Gasteiger partial charge in [0.25, 0.3) is 0 Å². The van der Waals surface area contributed by atoms with E-state index in [1.165, 1.54) is 78.4 Å². The van der Waals surface area contributed by atoms with Gasteiger partial charge in [0.2, 0.25) is 0 Å². The van der Waals surface area contributed by atoms with E-state index in [0.29, 0.717) is 0 Å². The fourth-order valence-electron chi connectivity index (χ4n) is 7.51. The van der Waals surface area contributed by atoms with E-state index < -0.39 is 0 Å². The van der Waals surface area contributed by atoms with Gasteiger partial charge in [0.05, 0.1) is 11.9 Å². The van der Waals surface area contributed by atoms with Crippen LogP contribution < -0.4 is 0 Å². The van der Waals surface area contributed by atoms with Crippen molar-refractivity contribution in [2.24, 2.45) is 0 Å². The van der Waals surface area contributed by atoms with Crippen molar-refractivity contribution in [3.63, 3.8) is 0 Å². The van der Waals surface area contributed by atoms with Crippen LogP contribution in [0.1, 0.15) is 0 Å². The monoisotopic (exact) mass is 702 g/mol. The Labute approximate surface area is 305 Å². The molecule has 4 heterocycles. The minimum absolute atomic E-state index is 0.889. The number of thiophene rings is 3. The van der Waals surface area contributed by atoms with Gasteiger partial charge < -0.3 is 0 Å². The summed E-state index contributed by atoms with van der Waals surface area (Å²) in [7, 11) is 0. The number of aromatic nitrogens is 2. The molecule has 0 atom stereocenters. The summed E-state index contributed by atoms with van der Waals surface area (Å²) >= 11 is 5.45. The van der Waals surface area contributed by atoms with Gasteiger partial charge in [-0.3, -0.25) is 0 Å². The Bertz CT molecular complexity index is 3160. The molecule has 0 saturated heterocycles. The first kappa shape index (κ1) is 29.1. The third-order valence-corrected chi connectivity index (χ3v) is 13.5. The van der Waals surface area contributed by atoms with Crippen LogP contribution in [0.5, 0.6) is 0 Å². The van der Waals surface area contributed by atoms with Crippen molar-refractivity contribution in [1.29, 1.82) is 0 Å². The van der Waals surface area contributed by atoms with E-state index in [1.54, 1.807) is 11.3 Å². The number of hydrogen-bond donors (Lipinski definition) is 0. The Morgan fingerprint density at radius 1 is 0.373 bits per heavy atom. The lowest BCUT2D eigenvalue weighted by atomic mass is 9.97. The normalized spacial score (nSPS) is 11.9. The minimum atomic E-state index is 0.889. The van der Waals surface area contributed by atoms with Crippen molar-refractivity contribution in [2.75, 3.05) is 0 Å². The lowest BCUT2D eigenvalue weighted by Gasteiger charge is -2.08. The second kappa shape index (κ2) is 11.4. The van der Waals surface area contributed by atoms with E-state index in [4.69, 9.17) is 9.97 Å². The van der Waals surface area contributed by atoms with Crippen molar-refractivity contribution in [1.82, 2.24) is 9.97 Å². The minimum Gasteiger partial charge on any atom is -0.243 e. The summed E-state index contributed by atoms with van der Waals surface area (Å²) in [6.45, 7) is 0. The fraction of sp³-hybridized carbons (Fsp3) is 0. The summed E-state index contributed by atoms with van der Waals surface area (Å²) in [5.74, 6) is 0. The average Bonchev–Trinajstić information content (AvgIpc) is 3.88. The lowest BCUT2D eigenvalue weighted by Crippen LogP contribution is -1.87. The summed E-state index contributed by atoms with van der Waals surface area (Å²) in [5.41, 5.74) is 10.3. The van der Waals surface area contributed by atoms with Crippen LogP contribution >= 0.6 is 34.0 Å². The second-order valence-corrected chi connectivity index (χ2v) is 16.1. The van der Waals surface area contributed by atoms with Gasteiger partial charge in [-0.25, -0.2) is 9.97 Å². The molecule has 51 heavy (non-hydrogen) atoms. The standard InChI is InChI=1S/C46H26N2S3/c1-3-19-40-34(13-1)36-17-7-15-32(44(36)49-40)29-10-5-9-27(23-29)28-21-22-38-42(25-28)51-46-43(38)48-39(26-47-46)31-12-6-11-30(24-31)33-16-8-18-37-35-14-2-4-20-41(35)50-45(33)37/h1-26H. The molecular weight excluding hydrogens is 677 g/mol. The molecular formula is C46H26N2S3. The fourth-order valence-corrected chi connectivity index (χ4v) is 11.0. The molecule has 0 amide bonds. The summed E-state index contributed by atoms with van der Waals surface area (Å²) in [5, 5.41) is 6.42. The molecule has 238 valence electrons. The van der Waals surface area contributed by atoms with Crippen molar-refractivity contribution < 1.29 is 0 Å². The lowest BCUT2D eigenvalue weighted by molar-refractivity contribution is 1.32. The van der Waals surface area contributed by atoms with Crippen molar-refractivity contribution in [2.45, 2.75) is 0 Å². The second-order valence-electron chi connectivity index (χ2n) is 12.9. The maximum atomic E-state index is 5.22. The quantitative estimate of drug-likeness (QED) is 0.182. The molecule has 0 aliphatic rings. The van der Waals surface area contributed by atoms with Crippen LogP contribution in [-0.4, -0.2) is 9.97 Å². The van der Waals surface area contributed by atoms with Crippen LogP contribution in [0.15, 0.2) is 158 Å². The topological polar surface area (TPSA) is 25.8 Å². The van der Waals surface area contributed by atoms with Crippen LogP contribution in [0.25, 0.3) is 105 Å². The van der Waals surface area contributed by atoms with Crippen LogP contribution in [0.2, 0.25) is 0 Å². The SMILES string of the molecule is c1cc(-c2ccc3c(c2)sc2ncc(-c4cccc(-c5cccc6c5sc5ccccc56)c4)nc23)cc(-c2cccc3c2sc2ccccc23)c1. The predicted octanol–water partition coefficient (Wildman–Crippen LogP) is 14.2. The molecule has 2 nitrogen and oxygen atoms in total. The van der Waals surface area contributed by atoms with E-state index in [2.05, 4.69) is 152 Å². The number of benzene rings is 7. The summed E-state index contributed by atoms with van der Waals surface area (Å²) in [6, 6.07) is 55.1. The highest BCUT2D eigenvalue weighted by molar-refractivity contribution is 7.27. The molecule has 0 spiro atoms. The molecule has 0 bridgehead atoms. The van der Waals surface area contributed by atoms with Crippen LogP contribution in [0.4, 0.5) is 0 Å². The summed E-state index contributed by atoms with van der Waals surface area (Å²) in [6.07, 6.45) is 1.93. The smallest absolute Gasteiger partial charge is 0.143 e. The van der Waals surface area contributed by atoms with Gasteiger partial charge in [-0.05, 0) is 63.7 Å². The van der Waals surface area contributed by atoms with Gasteiger partial charge in [0.15, 0.2) is 0 Å². The maximum absolute atomic E-state index is 5.22. The predicted molar refractivity (Wildman–Crippen MR) is 222 cm³/mol. The van der Waals surface area contributed by atoms with Gasteiger partial charge in [0, 0.05) is 56.0 Å². The number of fused-ring (bicyclic) bond motifs is 9. The molecule has 4 aromatic heterocycles. The Morgan fingerprint density at radius 3 is 1.61 bits per heavy atom. The third kappa shape index (κ3) is 4.66. The third-order valence-electron chi connectivity index (χ3n) is 9.97. The molecule has 5 heteroatoms. The van der Waals surface area contributed by atoms with Gasteiger partial charge in [0.1, 0.15) is 10.3 Å². The highest BCUT2D eigenvalue weighted by atomic mass is 32.1. The number of rotatable bonds is 4. The Hall–Kier alpha value is -5.72. The van der Waals surface area contributed by atoms with Crippen LogP contribution in [0, 0.1) is 0 Å². The van der Waals surface area contributed by atoms with Crippen LogP contribution in [-0.2, 0) is 0 Å². The average molecular weight is 703 g/mol. The van der Waals surface area contributed by atoms with E-state index in [-0.39, 0.29) is 0 Å². The molecule has 11 aromatic rings. The molecule has 0 fully saturated rings. The van der Waals surface area contributed by atoms with Crippen molar-refractivity contribution >= 4 is 94.8 Å². The molecule has 0 N–H and O–H groups in total. The zero-order valence-corrected chi connectivity index (χ0v) is 29.6. The summed E-state index contributed by atoms with van der Waals surface area (Å²) < 4.78 is 6.50. The van der Waals surface area contributed by atoms with Crippen LogP contribution in [0.3, 0.4) is 0 Å². The number of nitrogens with zero attached hydrogens (tertiary/aromatic N) is 2. The molecule has 0 aliphatic carbocycles. The first-order valence-corrected chi connectivity index (χ1v) is 19.4. The van der Waals surface area contributed by atoms with Gasteiger partial charge in [-0.15, -0.1) is 34.0 Å². The van der Waals surface area contributed by atoms with E-state index >= 15 is 0 Å². The molecule has 0 aliphatic heterocycles. The molecule has 11 rings (SSSR count). The van der Waals surface area contributed by atoms with E-state index in [0.717, 1.165) is 27.0 Å². The zero-order valence-electron chi connectivity index (χ0n) is 27.1. The van der Waals surface area contributed by atoms with Crippen molar-refractivity contribution in [3.8, 4) is 44.6 Å². The summed E-state index contributed by atoms with van der Waals surface area (Å²) in [4.78, 5) is 11.1. The van der Waals surface area contributed by atoms with Gasteiger partial charge in [-0.1, -0.05) is 121 Å². The van der Waals surface area contributed by atoms with E-state index in [9.17, 15) is 0 Å². The van der Waals surface area contributed by atoms with Gasteiger partial charge in [-0.2, -0.15) is 0 Å². The molecule has 0 unspecified atom stereocenters. The Balaban J connectivity index is 0.964. The highest BCUT2D eigenvalue weighted by Crippen LogP contribution is 2.43. The van der Waals surface area contributed by atoms with Crippen molar-refractivity contribution in [3.05, 3.63) is 158 Å². The van der Waals surface area contributed by atoms with E-state index in [1.807, 2.05) is 28.9 Å². The number of hydrogen-bond acceptors (Lipinski definition) is 5. The Morgan fingerprint density at radius 2 is 0.922 bits per heavy atom. The largest absolute Gasteiger partial charge is 0.243 e. The van der Waals surface area contributed by atoms with Gasteiger partial charge >= 0.3 is 0 Å².